The first-order chi connectivity index (χ1) is 16.2. The maximum Gasteiger partial charge on any atom is 0.137 e. The van der Waals surface area contributed by atoms with E-state index in [2.05, 4.69) is 24.3 Å². The molecule has 4 heteroatoms. The molecule has 33 heavy (non-hydrogen) atoms. The molecule has 0 heterocycles. The van der Waals surface area contributed by atoms with Gasteiger partial charge in [0.05, 0.1) is 12.6 Å². The van der Waals surface area contributed by atoms with Gasteiger partial charge in [-0.15, -0.1) is 0 Å². The van der Waals surface area contributed by atoms with E-state index in [4.69, 9.17) is 9.98 Å². The van der Waals surface area contributed by atoms with Crippen LogP contribution >= 0.6 is 0 Å². The van der Waals surface area contributed by atoms with Crippen LogP contribution in [0.5, 0.6) is 0 Å². The lowest BCUT2D eigenvalue weighted by Crippen LogP contribution is -2.22. The molecule has 0 aromatic heterocycles. The van der Waals surface area contributed by atoms with Crippen molar-refractivity contribution in [1.29, 1.82) is 0 Å². The zero-order valence-electron chi connectivity index (χ0n) is 18.4. The number of allylic oxidation sites excluding steroid dienone is 4. The Kier molecular flexibility index (Phi) is 5.90. The Morgan fingerprint density at radius 2 is 1.21 bits per heavy atom. The third-order valence-electron chi connectivity index (χ3n) is 6.15. The number of aliphatic hydroxyl groups is 2. The number of hydrogen-bond acceptors (Lipinski definition) is 4. The van der Waals surface area contributed by atoms with E-state index in [1.807, 2.05) is 66.7 Å². The molecule has 5 rings (SSSR count). The molecule has 0 saturated carbocycles. The van der Waals surface area contributed by atoms with Crippen LogP contribution in [0.4, 0.5) is 0 Å². The van der Waals surface area contributed by atoms with Gasteiger partial charge in [0, 0.05) is 11.1 Å². The fraction of sp³-hybridized carbons (Fsp3) is 0.172. The number of nitrogens with zero attached hydrogens (tertiary/aromatic N) is 2. The highest BCUT2D eigenvalue weighted by molar-refractivity contribution is 6.14. The third kappa shape index (κ3) is 4.51. The fourth-order valence-corrected chi connectivity index (χ4v) is 4.46. The van der Waals surface area contributed by atoms with Crippen molar-refractivity contribution in [3.8, 4) is 0 Å². The first kappa shape index (κ1) is 21.0. The summed E-state index contributed by atoms with van der Waals surface area (Å²) in [6.45, 7) is 0.398. The van der Waals surface area contributed by atoms with Crippen molar-refractivity contribution in [3.63, 3.8) is 0 Å². The van der Waals surface area contributed by atoms with Crippen molar-refractivity contribution in [2.75, 3.05) is 6.54 Å². The van der Waals surface area contributed by atoms with Crippen LogP contribution < -0.4 is 0 Å². The van der Waals surface area contributed by atoms with Crippen LogP contribution in [0.15, 0.2) is 113 Å². The molecule has 0 radical (unpaired) electrons. The monoisotopic (exact) mass is 434 g/mol. The fourth-order valence-electron chi connectivity index (χ4n) is 4.46. The molecule has 0 unspecified atom stereocenters. The molecule has 2 aliphatic rings. The molecule has 3 aromatic carbocycles. The van der Waals surface area contributed by atoms with E-state index in [1.165, 1.54) is 0 Å². The maximum atomic E-state index is 10.7. The predicted molar refractivity (Wildman–Crippen MR) is 134 cm³/mol. The second-order valence-corrected chi connectivity index (χ2v) is 8.41. The molecule has 0 aliphatic heterocycles. The van der Waals surface area contributed by atoms with Gasteiger partial charge >= 0.3 is 0 Å². The zero-order chi connectivity index (χ0) is 22.6. The number of fused-ring (bicyclic) bond motifs is 2. The minimum absolute atomic E-state index is 0.196. The highest BCUT2D eigenvalue weighted by Crippen LogP contribution is 2.23. The number of aliphatic imine (C=N–C) groups is 2. The van der Waals surface area contributed by atoms with Crippen LogP contribution in [0.2, 0.25) is 0 Å². The highest BCUT2D eigenvalue weighted by Gasteiger charge is 2.21. The van der Waals surface area contributed by atoms with Crippen molar-refractivity contribution < 1.29 is 10.2 Å². The first-order valence-corrected chi connectivity index (χ1v) is 11.3. The standard InChI is InChI=1S/C29H26N2O2/c32-26-16-14-21-10-4-6-12-24(21)28(26)30-19-23(18-20-8-2-1-3-9-20)31-29-25-13-7-5-11-22(25)15-17-27(29)33/h1-13,16-17,23,32-33H,14-15,18-19H2/t23-/m0/s1. The molecule has 4 nitrogen and oxygen atoms in total. The van der Waals surface area contributed by atoms with Gasteiger partial charge in [-0.25, -0.2) is 0 Å². The molecular formula is C29H26N2O2. The smallest absolute Gasteiger partial charge is 0.137 e. The molecule has 0 saturated heterocycles. The van der Waals surface area contributed by atoms with Crippen molar-refractivity contribution >= 4 is 11.4 Å². The lowest BCUT2D eigenvalue weighted by atomic mass is 9.93. The Morgan fingerprint density at radius 3 is 1.88 bits per heavy atom. The Morgan fingerprint density at radius 1 is 0.667 bits per heavy atom. The molecule has 0 spiro atoms. The Balaban J connectivity index is 1.52. The summed E-state index contributed by atoms with van der Waals surface area (Å²) in [6.07, 6.45) is 5.71. The van der Waals surface area contributed by atoms with E-state index >= 15 is 0 Å². The number of hydrogen-bond donors (Lipinski definition) is 2. The van der Waals surface area contributed by atoms with Crippen molar-refractivity contribution in [2.24, 2.45) is 9.98 Å². The minimum atomic E-state index is -0.196. The van der Waals surface area contributed by atoms with Gasteiger partial charge in [0.25, 0.3) is 0 Å². The van der Waals surface area contributed by atoms with E-state index in [9.17, 15) is 10.2 Å². The van der Waals surface area contributed by atoms with Crippen LogP contribution in [0, 0.1) is 0 Å². The summed E-state index contributed by atoms with van der Waals surface area (Å²) in [7, 11) is 0. The van der Waals surface area contributed by atoms with E-state index in [1.54, 1.807) is 0 Å². The largest absolute Gasteiger partial charge is 0.506 e. The summed E-state index contributed by atoms with van der Waals surface area (Å²) < 4.78 is 0. The van der Waals surface area contributed by atoms with Crippen LogP contribution in [0.1, 0.15) is 27.8 Å². The van der Waals surface area contributed by atoms with Crippen molar-refractivity contribution in [2.45, 2.75) is 25.3 Å². The predicted octanol–water partition coefficient (Wildman–Crippen LogP) is 5.57. The molecule has 0 fully saturated rings. The van der Waals surface area contributed by atoms with Gasteiger partial charge in [0.1, 0.15) is 22.9 Å². The van der Waals surface area contributed by atoms with Gasteiger partial charge in [-0.1, -0.05) is 78.9 Å². The van der Waals surface area contributed by atoms with Gasteiger partial charge < -0.3 is 10.2 Å². The minimum Gasteiger partial charge on any atom is -0.506 e. The number of rotatable bonds is 5. The van der Waals surface area contributed by atoms with Gasteiger partial charge in [-0.3, -0.25) is 9.98 Å². The maximum absolute atomic E-state index is 10.7. The number of benzene rings is 3. The summed E-state index contributed by atoms with van der Waals surface area (Å²) in [5.74, 6) is 0.427. The summed E-state index contributed by atoms with van der Waals surface area (Å²) in [5, 5.41) is 21.2. The average Bonchev–Trinajstić information content (AvgIpc) is 2.85. The van der Waals surface area contributed by atoms with Gasteiger partial charge in [-0.05, 0) is 48.1 Å². The van der Waals surface area contributed by atoms with Gasteiger partial charge in [0.15, 0.2) is 0 Å². The van der Waals surface area contributed by atoms with E-state index < -0.39 is 0 Å². The quantitative estimate of drug-likeness (QED) is 0.551. The van der Waals surface area contributed by atoms with Gasteiger partial charge in [0.2, 0.25) is 0 Å². The molecule has 2 aliphatic carbocycles. The number of aliphatic hydroxyl groups excluding tert-OH is 2. The second-order valence-electron chi connectivity index (χ2n) is 8.41. The van der Waals surface area contributed by atoms with Crippen LogP contribution in [-0.4, -0.2) is 34.2 Å². The van der Waals surface area contributed by atoms with Crippen LogP contribution in [0.25, 0.3) is 0 Å². The first-order valence-electron chi connectivity index (χ1n) is 11.3. The van der Waals surface area contributed by atoms with E-state index in [0.717, 1.165) is 27.8 Å². The second kappa shape index (κ2) is 9.29. The summed E-state index contributed by atoms with van der Waals surface area (Å²) in [6, 6.07) is 26.1. The Hall–Kier alpha value is -3.92. The molecule has 1 atom stereocenters. The SMILES string of the molecule is OC1=CCc2ccccc2C1=NC[C@H](Cc1ccccc1)N=C1C(O)=CCc2ccccc21. The van der Waals surface area contributed by atoms with E-state index in [0.29, 0.717) is 37.2 Å². The molecule has 2 N–H and O–H groups in total. The van der Waals surface area contributed by atoms with Gasteiger partial charge in [-0.2, -0.15) is 0 Å². The lowest BCUT2D eigenvalue weighted by Gasteiger charge is -2.20. The average molecular weight is 435 g/mol. The molecule has 0 amide bonds. The lowest BCUT2D eigenvalue weighted by molar-refractivity contribution is 0.437. The summed E-state index contributed by atoms with van der Waals surface area (Å²) in [5.41, 5.74) is 6.62. The topological polar surface area (TPSA) is 65.2 Å². The summed E-state index contributed by atoms with van der Waals surface area (Å²) >= 11 is 0. The van der Waals surface area contributed by atoms with E-state index in [-0.39, 0.29) is 17.6 Å². The zero-order valence-corrected chi connectivity index (χ0v) is 18.4. The molecule has 3 aromatic rings. The molecule has 164 valence electrons. The Labute approximate surface area is 194 Å². The van der Waals surface area contributed by atoms with Crippen molar-refractivity contribution in [3.05, 3.63) is 130 Å². The Bertz CT molecular complexity index is 1290. The van der Waals surface area contributed by atoms with Crippen LogP contribution in [-0.2, 0) is 19.3 Å². The van der Waals surface area contributed by atoms with Crippen LogP contribution in [0.3, 0.4) is 0 Å². The molecule has 0 bridgehead atoms. The van der Waals surface area contributed by atoms with Crippen molar-refractivity contribution in [1.82, 2.24) is 0 Å². The molecular weight excluding hydrogens is 408 g/mol. The summed E-state index contributed by atoms with van der Waals surface area (Å²) in [4.78, 5) is 9.85. The third-order valence-corrected chi connectivity index (χ3v) is 6.15. The normalized spacial score (nSPS) is 18.3. The highest BCUT2D eigenvalue weighted by atomic mass is 16.3.